The number of hydrogen-bond donors (Lipinski definition) is 2. The molecule has 2 rings (SSSR count). The van der Waals surface area contributed by atoms with Crippen LogP contribution in [-0.4, -0.2) is 46.3 Å². The van der Waals surface area contributed by atoms with Crippen LogP contribution in [0.5, 0.6) is 0 Å². The molecule has 0 saturated heterocycles. The Bertz CT molecular complexity index is 852. The SMILES string of the molecule is O=C(O[C@H](C(=O)O)[C@H](OC(=O)c1ccccc1F)C(=O)O)c1ccccc1F. The largest absolute Gasteiger partial charge is 0.478 e. The van der Waals surface area contributed by atoms with E-state index in [0.717, 1.165) is 24.3 Å². The summed E-state index contributed by atoms with van der Waals surface area (Å²) in [5.41, 5.74) is -1.31. The van der Waals surface area contributed by atoms with Crippen LogP contribution in [-0.2, 0) is 19.1 Å². The summed E-state index contributed by atoms with van der Waals surface area (Å²) in [5, 5.41) is 18.4. The molecule has 0 radical (unpaired) electrons. The van der Waals surface area contributed by atoms with Gasteiger partial charge in [-0.25, -0.2) is 28.0 Å². The maximum atomic E-state index is 13.6. The van der Waals surface area contributed by atoms with Gasteiger partial charge in [-0.1, -0.05) is 24.3 Å². The smallest absolute Gasteiger partial charge is 0.349 e. The first-order valence-corrected chi connectivity index (χ1v) is 7.59. The van der Waals surface area contributed by atoms with Gasteiger partial charge in [-0.2, -0.15) is 0 Å². The zero-order valence-electron chi connectivity index (χ0n) is 13.9. The summed E-state index contributed by atoms with van der Waals surface area (Å²) in [6.07, 6.45) is -5.03. The fraction of sp³-hybridized carbons (Fsp3) is 0.111. The first-order valence-electron chi connectivity index (χ1n) is 7.59. The normalized spacial score (nSPS) is 12.5. The van der Waals surface area contributed by atoms with E-state index in [0.29, 0.717) is 0 Å². The van der Waals surface area contributed by atoms with E-state index in [-0.39, 0.29) is 0 Å². The number of rotatable bonds is 7. The molecule has 0 aliphatic carbocycles. The summed E-state index contributed by atoms with van der Waals surface area (Å²) < 4.78 is 36.3. The maximum absolute atomic E-state index is 13.6. The van der Waals surface area contributed by atoms with Crippen molar-refractivity contribution in [3.8, 4) is 0 Å². The van der Waals surface area contributed by atoms with Crippen LogP contribution in [0, 0.1) is 11.6 Å². The third-order valence-electron chi connectivity index (χ3n) is 3.42. The molecule has 0 aliphatic rings. The lowest BCUT2D eigenvalue weighted by Crippen LogP contribution is -2.46. The molecule has 0 aliphatic heterocycles. The Kier molecular flexibility index (Phi) is 6.38. The van der Waals surface area contributed by atoms with Crippen LogP contribution in [0.3, 0.4) is 0 Å². The minimum Gasteiger partial charge on any atom is -0.478 e. The fourth-order valence-corrected chi connectivity index (χ4v) is 2.09. The highest BCUT2D eigenvalue weighted by atomic mass is 19.1. The van der Waals surface area contributed by atoms with Crippen molar-refractivity contribution in [2.24, 2.45) is 0 Å². The van der Waals surface area contributed by atoms with Crippen LogP contribution >= 0.6 is 0 Å². The van der Waals surface area contributed by atoms with Crippen molar-refractivity contribution < 1.29 is 47.6 Å². The van der Waals surface area contributed by atoms with Crippen LogP contribution in [0.15, 0.2) is 48.5 Å². The number of benzene rings is 2. The fourth-order valence-electron chi connectivity index (χ4n) is 2.09. The molecule has 2 atom stereocenters. The molecular formula is C18H12F2O8. The molecule has 0 amide bonds. The zero-order valence-corrected chi connectivity index (χ0v) is 13.9. The molecule has 10 heteroatoms. The molecule has 2 N–H and O–H groups in total. The average molecular weight is 394 g/mol. The van der Waals surface area contributed by atoms with Crippen molar-refractivity contribution in [1.29, 1.82) is 0 Å². The van der Waals surface area contributed by atoms with Crippen molar-refractivity contribution in [3.05, 3.63) is 71.3 Å². The molecule has 0 saturated carbocycles. The van der Waals surface area contributed by atoms with Gasteiger partial charge >= 0.3 is 23.9 Å². The summed E-state index contributed by atoms with van der Waals surface area (Å²) in [4.78, 5) is 46.8. The Morgan fingerprint density at radius 2 is 1.00 bits per heavy atom. The van der Waals surface area contributed by atoms with Gasteiger partial charge in [0.2, 0.25) is 12.2 Å². The number of carboxylic acids is 2. The van der Waals surface area contributed by atoms with Gasteiger partial charge in [-0.05, 0) is 24.3 Å². The second-order valence-electron chi connectivity index (χ2n) is 5.29. The zero-order chi connectivity index (χ0) is 20.8. The predicted octanol–water partition coefficient (Wildman–Crippen LogP) is 1.88. The van der Waals surface area contributed by atoms with Gasteiger partial charge in [-0.3, -0.25) is 0 Å². The van der Waals surface area contributed by atoms with Gasteiger partial charge < -0.3 is 19.7 Å². The molecule has 146 valence electrons. The number of carboxylic acid groups (broad SMARTS) is 2. The summed E-state index contributed by atoms with van der Waals surface area (Å²) in [7, 11) is 0. The number of esters is 2. The second-order valence-corrected chi connectivity index (χ2v) is 5.29. The van der Waals surface area contributed by atoms with Gasteiger partial charge in [0.05, 0.1) is 11.1 Å². The van der Waals surface area contributed by atoms with E-state index in [1.165, 1.54) is 24.3 Å². The van der Waals surface area contributed by atoms with E-state index >= 15 is 0 Å². The Morgan fingerprint density at radius 1 is 0.679 bits per heavy atom. The monoisotopic (exact) mass is 394 g/mol. The number of hydrogen-bond acceptors (Lipinski definition) is 6. The average Bonchev–Trinajstić information content (AvgIpc) is 2.64. The molecular weight excluding hydrogens is 382 g/mol. The Morgan fingerprint density at radius 3 is 1.29 bits per heavy atom. The number of carbonyl (C=O) groups excluding carboxylic acids is 2. The lowest BCUT2D eigenvalue weighted by molar-refractivity contribution is -0.166. The Labute approximate surface area is 155 Å². The number of ether oxygens (including phenoxy) is 2. The Hall–Kier alpha value is -3.82. The maximum Gasteiger partial charge on any atom is 0.349 e. The number of halogens is 2. The minimum absolute atomic E-state index is 0.654. The van der Waals surface area contributed by atoms with Crippen LogP contribution in [0.4, 0.5) is 8.78 Å². The lowest BCUT2D eigenvalue weighted by atomic mass is 10.1. The number of aliphatic carboxylic acids is 2. The summed E-state index contributed by atoms with van der Waals surface area (Å²) in [6.45, 7) is 0. The van der Waals surface area contributed by atoms with Gasteiger partial charge in [0.15, 0.2) is 0 Å². The van der Waals surface area contributed by atoms with Crippen molar-refractivity contribution >= 4 is 23.9 Å². The van der Waals surface area contributed by atoms with E-state index < -0.39 is 58.8 Å². The summed E-state index contributed by atoms with van der Waals surface area (Å²) >= 11 is 0. The van der Waals surface area contributed by atoms with Crippen molar-refractivity contribution in [3.63, 3.8) is 0 Å². The van der Waals surface area contributed by atoms with Crippen LogP contribution < -0.4 is 0 Å². The molecule has 8 nitrogen and oxygen atoms in total. The molecule has 0 unspecified atom stereocenters. The highest BCUT2D eigenvalue weighted by molar-refractivity contribution is 5.95. The quantitative estimate of drug-likeness (QED) is 0.682. The third kappa shape index (κ3) is 4.67. The molecule has 0 bridgehead atoms. The molecule has 2 aromatic rings. The molecule has 0 fully saturated rings. The van der Waals surface area contributed by atoms with Crippen LogP contribution in [0.2, 0.25) is 0 Å². The van der Waals surface area contributed by atoms with E-state index in [4.69, 9.17) is 0 Å². The predicted molar refractivity (Wildman–Crippen MR) is 86.5 cm³/mol. The second kappa shape index (κ2) is 8.71. The topological polar surface area (TPSA) is 127 Å². The third-order valence-corrected chi connectivity index (χ3v) is 3.42. The molecule has 0 aromatic heterocycles. The van der Waals surface area contributed by atoms with Crippen molar-refractivity contribution in [2.45, 2.75) is 12.2 Å². The molecule has 0 heterocycles. The summed E-state index contributed by atoms with van der Waals surface area (Å²) in [5.74, 6) is -8.99. The minimum atomic E-state index is -2.51. The van der Waals surface area contributed by atoms with E-state index in [1.807, 2.05) is 0 Å². The van der Waals surface area contributed by atoms with E-state index in [9.17, 15) is 38.2 Å². The standard InChI is InChI=1S/C18H12F2O8/c19-11-7-3-1-5-9(11)17(25)27-13(15(21)22)14(16(23)24)28-18(26)10-6-2-4-8-12(10)20/h1-8,13-14H,(H,21,22)(H,23,24)/t13-,14-/m0/s1. The van der Waals surface area contributed by atoms with Crippen molar-refractivity contribution in [2.75, 3.05) is 0 Å². The van der Waals surface area contributed by atoms with Crippen LogP contribution in [0.25, 0.3) is 0 Å². The molecule has 0 spiro atoms. The first-order chi connectivity index (χ1) is 13.2. The van der Waals surface area contributed by atoms with Crippen molar-refractivity contribution in [1.82, 2.24) is 0 Å². The molecule has 28 heavy (non-hydrogen) atoms. The van der Waals surface area contributed by atoms with Gasteiger partial charge in [0, 0.05) is 0 Å². The van der Waals surface area contributed by atoms with Gasteiger partial charge in [-0.15, -0.1) is 0 Å². The highest BCUT2D eigenvalue weighted by Gasteiger charge is 2.41. The van der Waals surface area contributed by atoms with Gasteiger partial charge in [0.25, 0.3) is 0 Å². The molecule has 2 aromatic carbocycles. The number of carbonyl (C=O) groups is 4. The van der Waals surface area contributed by atoms with Gasteiger partial charge in [0.1, 0.15) is 11.6 Å². The lowest BCUT2D eigenvalue weighted by Gasteiger charge is -2.21. The van der Waals surface area contributed by atoms with E-state index in [2.05, 4.69) is 9.47 Å². The highest BCUT2D eigenvalue weighted by Crippen LogP contribution is 2.16. The summed E-state index contributed by atoms with van der Waals surface area (Å²) in [6, 6.07) is 8.83. The Balaban J connectivity index is 2.27. The van der Waals surface area contributed by atoms with E-state index in [1.54, 1.807) is 0 Å². The first kappa shape index (κ1) is 20.5. The van der Waals surface area contributed by atoms with Crippen LogP contribution in [0.1, 0.15) is 20.7 Å².